The fourth-order valence-electron chi connectivity index (χ4n) is 1.52. The summed E-state index contributed by atoms with van der Waals surface area (Å²) in [6.07, 6.45) is 4.92. The van der Waals surface area contributed by atoms with Crippen LogP contribution in [0.15, 0.2) is 0 Å². The van der Waals surface area contributed by atoms with Crippen LogP contribution >= 0.6 is 11.5 Å². The minimum atomic E-state index is -0.183. The first-order chi connectivity index (χ1) is 6.79. The predicted octanol–water partition coefficient (Wildman–Crippen LogP) is 1.80. The average Bonchev–Trinajstić information content (AvgIpc) is 2.92. The van der Waals surface area contributed by atoms with Crippen molar-refractivity contribution in [2.75, 3.05) is 0 Å². The molecular weight excluding hydrogens is 196 g/mol. The Bertz CT molecular complexity index is 296. The Hall–Kier alpha value is -0.480. The van der Waals surface area contributed by atoms with Gasteiger partial charge < -0.3 is 5.11 Å². The first-order valence-corrected chi connectivity index (χ1v) is 6.06. The van der Waals surface area contributed by atoms with Crippen LogP contribution in [-0.2, 0) is 12.8 Å². The molecule has 78 valence electrons. The van der Waals surface area contributed by atoms with Crippen molar-refractivity contribution in [1.29, 1.82) is 0 Å². The minimum Gasteiger partial charge on any atom is -0.392 e. The SMILES string of the molecule is CCCc1nsc(CC(O)C2CC2)n1. The van der Waals surface area contributed by atoms with Crippen LogP contribution in [0.3, 0.4) is 0 Å². The van der Waals surface area contributed by atoms with Gasteiger partial charge in [0.2, 0.25) is 0 Å². The molecule has 1 atom stereocenters. The Balaban J connectivity index is 1.88. The molecule has 1 saturated carbocycles. The van der Waals surface area contributed by atoms with E-state index in [1.807, 2.05) is 0 Å². The van der Waals surface area contributed by atoms with Crippen molar-refractivity contribution in [2.24, 2.45) is 5.92 Å². The van der Waals surface area contributed by atoms with Gasteiger partial charge in [0, 0.05) is 12.8 Å². The van der Waals surface area contributed by atoms with Crippen LogP contribution in [0.25, 0.3) is 0 Å². The summed E-state index contributed by atoms with van der Waals surface area (Å²) in [4.78, 5) is 4.40. The van der Waals surface area contributed by atoms with E-state index in [0.717, 1.165) is 23.7 Å². The van der Waals surface area contributed by atoms with E-state index in [4.69, 9.17) is 0 Å². The van der Waals surface area contributed by atoms with Crippen molar-refractivity contribution in [2.45, 2.75) is 45.1 Å². The fourth-order valence-corrected chi connectivity index (χ4v) is 2.26. The highest BCUT2D eigenvalue weighted by Crippen LogP contribution is 2.34. The summed E-state index contributed by atoms with van der Waals surface area (Å²) < 4.78 is 4.26. The summed E-state index contributed by atoms with van der Waals surface area (Å²) in [6.45, 7) is 2.12. The van der Waals surface area contributed by atoms with Crippen LogP contribution in [0.5, 0.6) is 0 Å². The number of aliphatic hydroxyl groups is 1. The maximum absolute atomic E-state index is 9.72. The predicted molar refractivity (Wildman–Crippen MR) is 56.3 cm³/mol. The van der Waals surface area contributed by atoms with E-state index in [-0.39, 0.29) is 6.10 Å². The Morgan fingerprint density at radius 3 is 3.00 bits per heavy atom. The molecule has 1 heterocycles. The maximum atomic E-state index is 9.72. The third kappa shape index (κ3) is 2.51. The Morgan fingerprint density at radius 1 is 1.57 bits per heavy atom. The molecule has 1 unspecified atom stereocenters. The van der Waals surface area contributed by atoms with Crippen molar-refractivity contribution >= 4 is 11.5 Å². The zero-order valence-electron chi connectivity index (χ0n) is 8.44. The molecule has 1 N–H and O–H groups in total. The molecule has 0 radical (unpaired) electrons. The van der Waals surface area contributed by atoms with Gasteiger partial charge in [-0.3, -0.25) is 0 Å². The summed E-state index contributed by atoms with van der Waals surface area (Å²) in [7, 11) is 0. The second kappa shape index (κ2) is 4.36. The third-order valence-electron chi connectivity index (χ3n) is 2.53. The van der Waals surface area contributed by atoms with Crippen LogP contribution in [0.4, 0.5) is 0 Å². The Labute approximate surface area is 88.4 Å². The molecule has 0 bridgehead atoms. The van der Waals surface area contributed by atoms with E-state index in [2.05, 4.69) is 16.3 Å². The average molecular weight is 212 g/mol. The van der Waals surface area contributed by atoms with E-state index < -0.39 is 0 Å². The van der Waals surface area contributed by atoms with Crippen molar-refractivity contribution in [1.82, 2.24) is 9.36 Å². The molecule has 4 heteroatoms. The lowest BCUT2D eigenvalue weighted by Gasteiger charge is -2.04. The van der Waals surface area contributed by atoms with Gasteiger partial charge in [0.25, 0.3) is 0 Å². The van der Waals surface area contributed by atoms with Crippen LogP contribution in [0.2, 0.25) is 0 Å². The van der Waals surface area contributed by atoms with Gasteiger partial charge in [-0.05, 0) is 36.7 Å². The van der Waals surface area contributed by atoms with Crippen LogP contribution in [0, 0.1) is 5.92 Å². The first kappa shape index (κ1) is 10.1. The molecule has 1 aromatic heterocycles. The summed E-state index contributed by atoms with van der Waals surface area (Å²) in [5.74, 6) is 1.48. The molecule has 1 aliphatic rings. The van der Waals surface area contributed by atoms with Gasteiger partial charge in [-0.25, -0.2) is 4.98 Å². The highest BCUT2D eigenvalue weighted by molar-refractivity contribution is 7.05. The molecule has 1 aromatic rings. The molecule has 0 spiro atoms. The number of aryl methyl sites for hydroxylation is 1. The van der Waals surface area contributed by atoms with Crippen molar-refractivity contribution in [3.8, 4) is 0 Å². The molecule has 1 aliphatic carbocycles. The summed E-state index contributed by atoms with van der Waals surface area (Å²) in [6, 6.07) is 0. The lowest BCUT2D eigenvalue weighted by atomic mass is 10.2. The topological polar surface area (TPSA) is 46.0 Å². The molecule has 0 aromatic carbocycles. The molecule has 0 saturated heterocycles. The van der Waals surface area contributed by atoms with E-state index >= 15 is 0 Å². The number of rotatable bonds is 5. The first-order valence-electron chi connectivity index (χ1n) is 5.29. The van der Waals surface area contributed by atoms with Crippen LogP contribution in [-0.4, -0.2) is 20.6 Å². The van der Waals surface area contributed by atoms with Crippen molar-refractivity contribution in [3.05, 3.63) is 10.8 Å². The minimum absolute atomic E-state index is 0.183. The largest absolute Gasteiger partial charge is 0.392 e. The molecule has 1 fully saturated rings. The zero-order chi connectivity index (χ0) is 9.97. The molecule has 0 amide bonds. The molecule has 3 nitrogen and oxygen atoms in total. The quantitative estimate of drug-likeness (QED) is 0.809. The monoisotopic (exact) mass is 212 g/mol. The molecular formula is C10H16N2OS. The van der Waals surface area contributed by atoms with Crippen LogP contribution in [0.1, 0.15) is 37.0 Å². The summed E-state index contributed by atoms with van der Waals surface area (Å²) in [5.41, 5.74) is 0. The van der Waals surface area contributed by atoms with Gasteiger partial charge in [0.15, 0.2) is 0 Å². The third-order valence-corrected chi connectivity index (χ3v) is 3.30. The van der Waals surface area contributed by atoms with Crippen molar-refractivity contribution in [3.63, 3.8) is 0 Å². The van der Waals surface area contributed by atoms with Crippen LogP contribution < -0.4 is 0 Å². The van der Waals surface area contributed by atoms with E-state index in [9.17, 15) is 5.11 Å². The molecule has 2 rings (SSSR count). The number of aliphatic hydroxyl groups excluding tert-OH is 1. The number of hydrogen-bond acceptors (Lipinski definition) is 4. The lowest BCUT2D eigenvalue weighted by Crippen LogP contribution is -2.12. The summed E-state index contributed by atoms with van der Waals surface area (Å²) >= 11 is 1.44. The van der Waals surface area contributed by atoms with Gasteiger partial charge in [-0.1, -0.05) is 6.92 Å². The highest BCUT2D eigenvalue weighted by atomic mass is 32.1. The highest BCUT2D eigenvalue weighted by Gasteiger charge is 2.30. The zero-order valence-corrected chi connectivity index (χ0v) is 9.26. The number of hydrogen-bond donors (Lipinski definition) is 1. The van der Waals surface area contributed by atoms with Gasteiger partial charge in [0.05, 0.1) is 6.10 Å². The Kier molecular flexibility index (Phi) is 3.13. The lowest BCUT2D eigenvalue weighted by molar-refractivity contribution is 0.151. The number of nitrogens with zero attached hydrogens (tertiary/aromatic N) is 2. The maximum Gasteiger partial charge on any atom is 0.142 e. The molecule has 14 heavy (non-hydrogen) atoms. The second-order valence-electron chi connectivity index (χ2n) is 3.96. The standard InChI is InChI=1S/C10H16N2OS/c1-2-3-9-11-10(14-12-9)6-8(13)7-4-5-7/h7-8,13H,2-6H2,1H3. The second-order valence-corrected chi connectivity index (χ2v) is 4.80. The van der Waals surface area contributed by atoms with Gasteiger partial charge in [0.1, 0.15) is 10.8 Å². The molecule has 0 aliphatic heterocycles. The van der Waals surface area contributed by atoms with Crippen molar-refractivity contribution < 1.29 is 5.11 Å². The smallest absolute Gasteiger partial charge is 0.142 e. The number of aromatic nitrogens is 2. The fraction of sp³-hybridized carbons (Fsp3) is 0.800. The van der Waals surface area contributed by atoms with Gasteiger partial charge in [-0.2, -0.15) is 4.37 Å². The van der Waals surface area contributed by atoms with E-state index in [0.29, 0.717) is 12.3 Å². The van der Waals surface area contributed by atoms with E-state index in [1.54, 1.807) is 0 Å². The van der Waals surface area contributed by atoms with Gasteiger partial charge >= 0.3 is 0 Å². The summed E-state index contributed by atoms with van der Waals surface area (Å²) in [5, 5.41) is 10.7. The normalized spacial score (nSPS) is 18.4. The van der Waals surface area contributed by atoms with Gasteiger partial charge in [-0.15, -0.1) is 0 Å². The van der Waals surface area contributed by atoms with E-state index in [1.165, 1.54) is 24.4 Å². The Morgan fingerprint density at radius 2 is 2.36 bits per heavy atom.